The van der Waals surface area contributed by atoms with Crippen LogP contribution in [0.5, 0.6) is 0 Å². The third kappa shape index (κ3) is 2.44. The highest BCUT2D eigenvalue weighted by Crippen LogP contribution is 2.56. The van der Waals surface area contributed by atoms with E-state index in [-0.39, 0.29) is 17.9 Å². The van der Waals surface area contributed by atoms with Crippen LogP contribution in [0.25, 0.3) is 10.9 Å². The summed E-state index contributed by atoms with van der Waals surface area (Å²) >= 11 is 6.20. The van der Waals surface area contributed by atoms with Crippen LogP contribution in [0, 0.1) is 5.41 Å². The van der Waals surface area contributed by atoms with Gasteiger partial charge in [0.05, 0.1) is 18.1 Å². The number of rotatable bonds is 3. The van der Waals surface area contributed by atoms with E-state index in [4.69, 9.17) is 16.3 Å². The fraction of sp³-hybridized carbons (Fsp3) is 0.500. The van der Waals surface area contributed by atoms with Crippen LogP contribution < -0.4 is 0 Å². The Morgan fingerprint density at radius 3 is 2.77 bits per heavy atom. The van der Waals surface area contributed by atoms with E-state index in [0.717, 1.165) is 42.3 Å². The number of amides is 1. The third-order valence-electron chi connectivity index (χ3n) is 5.94. The Morgan fingerprint density at radius 2 is 2.15 bits per heavy atom. The molecule has 0 bridgehead atoms. The van der Waals surface area contributed by atoms with E-state index in [1.807, 2.05) is 30.0 Å². The van der Waals surface area contributed by atoms with Crippen LogP contribution in [0.2, 0.25) is 5.02 Å². The summed E-state index contributed by atoms with van der Waals surface area (Å²) in [5.41, 5.74) is 2.48. The molecule has 138 valence electrons. The lowest BCUT2D eigenvalue weighted by Crippen LogP contribution is -2.54. The van der Waals surface area contributed by atoms with E-state index < -0.39 is 5.41 Å². The van der Waals surface area contributed by atoms with E-state index in [9.17, 15) is 9.59 Å². The van der Waals surface area contributed by atoms with Gasteiger partial charge in [0.1, 0.15) is 0 Å². The van der Waals surface area contributed by atoms with Gasteiger partial charge in [-0.15, -0.1) is 0 Å². The average molecular weight is 375 g/mol. The molecule has 1 aliphatic heterocycles. The maximum atomic E-state index is 12.9. The number of hydrogen-bond donors (Lipinski definition) is 1. The highest BCUT2D eigenvalue weighted by atomic mass is 35.5. The van der Waals surface area contributed by atoms with Crippen LogP contribution in [0.15, 0.2) is 18.2 Å². The van der Waals surface area contributed by atoms with Crippen molar-refractivity contribution in [2.75, 3.05) is 13.2 Å². The molecule has 0 radical (unpaired) electrons. The van der Waals surface area contributed by atoms with Gasteiger partial charge in [0.15, 0.2) is 0 Å². The molecule has 2 heterocycles. The zero-order valence-electron chi connectivity index (χ0n) is 15.1. The highest BCUT2D eigenvalue weighted by Gasteiger charge is 2.56. The van der Waals surface area contributed by atoms with Crippen LogP contribution in [-0.2, 0) is 20.7 Å². The lowest BCUT2D eigenvalue weighted by molar-refractivity contribution is -0.171. The molecule has 1 fully saturated rings. The van der Waals surface area contributed by atoms with Gasteiger partial charge in [0.2, 0.25) is 5.91 Å². The monoisotopic (exact) mass is 374 g/mol. The first-order chi connectivity index (χ1) is 12.5. The first-order valence-electron chi connectivity index (χ1n) is 9.22. The van der Waals surface area contributed by atoms with Crippen molar-refractivity contribution in [1.82, 2.24) is 9.88 Å². The average Bonchev–Trinajstić information content (AvgIpc) is 2.92. The van der Waals surface area contributed by atoms with Crippen molar-refractivity contribution in [3.63, 3.8) is 0 Å². The SMILES string of the molecule is CCOC(=O)C1(C2c3[nH]c4ccc(Cl)cc4c3CCN2C(C)=O)CCC1. The number of halogens is 1. The number of H-pyrrole nitrogens is 1. The molecule has 1 saturated carbocycles. The first kappa shape index (κ1) is 17.4. The topological polar surface area (TPSA) is 62.4 Å². The van der Waals surface area contributed by atoms with Gasteiger partial charge in [-0.2, -0.15) is 0 Å². The Balaban J connectivity index is 1.89. The second-order valence-corrected chi connectivity index (χ2v) is 7.74. The van der Waals surface area contributed by atoms with Crippen molar-refractivity contribution in [2.45, 2.75) is 45.6 Å². The Hall–Kier alpha value is -2.01. The molecule has 1 aromatic heterocycles. The van der Waals surface area contributed by atoms with Gasteiger partial charge in [0.25, 0.3) is 0 Å². The molecule has 5 nitrogen and oxygen atoms in total. The molecule has 6 heteroatoms. The number of carbonyl (C=O) groups is 2. The van der Waals surface area contributed by atoms with Gasteiger partial charge < -0.3 is 14.6 Å². The van der Waals surface area contributed by atoms with Crippen molar-refractivity contribution < 1.29 is 14.3 Å². The van der Waals surface area contributed by atoms with Gasteiger partial charge >= 0.3 is 5.97 Å². The minimum absolute atomic E-state index is 0.00656. The number of fused-ring (bicyclic) bond motifs is 3. The van der Waals surface area contributed by atoms with E-state index in [0.29, 0.717) is 18.2 Å². The molecular weight excluding hydrogens is 352 g/mol. The minimum atomic E-state index is -0.651. The normalized spacial score (nSPS) is 21.2. The van der Waals surface area contributed by atoms with E-state index in [1.54, 1.807) is 6.92 Å². The fourth-order valence-electron chi connectivity index (χ4n) is 4.60. The molecule has 1 amide bonds. The molecule has 1 atom stereocenters. The number of nitrogens with one attached hydrogen (secondary N) is 1. The molecular formula is C20H23ClN2O3. The number of ether oxygens (including phenoxy) is 1. The molecule has 0 saturated heterocycles. The number of carbonyl (C=O) groups excluding carboxylic acids is 2. The summed E-state index contributed by atoms with van der Waals surface area (Å²) in [5.74, 6) is -0.194. The van der Waals surface area contributed by atoms with E-state index in [2.05, 4.69) is 4.98 Å². The van der Waals surface area contributed by atoms with Gasteiger partial charge in [-0.3, -0.25) is 9.59 Å². The van der Waals surface area contributed by atoms with Gasteiger partial charge in [0, 0.05) is 35.1 Å². The predicted octanol–water partition coefficient (Wildman–Crippen LogP) is 4.00. The Bertz CT molecular complexity index is 885. The number of benzene rings is 1. The molecule has 2 aliphatic rings. The van der Waals surface area contributed by atoms with Crippen molar-refractivity contribution in [1.29, 1.82) is 0 Å². The largest absolute Gasteiger partial charge is 0.465 e. The molecule has 26 heavy (non-hydrogen) atoms. The summed E-state index contributed by atoms with van der Waals surface area (Å²) in [7, 11) is 0. The number of esters is 1. The van der Waals surface area contributed by atoms with Crippen LogP contribution >= 0.6 is 11.6 Å². The molecule has 0 spiro atoms. The Kier molecular flexibility index (Phi) is 4.22. The smallest absolute Gasteiger partial charge is 0.314 e. The summed E-state index contributed by atoms with van der Waals surface area (Å²) in [4.78, 5) is 30.6. The lowest BCUT2D eigenvalue weighted by atomic mass is 9.61. The summed E-state index contributed by atoms with van der Waals surface area (Å²) < 4.78 is 5.43. The predicted molar refractivity (Wildman–Crippen MR) is 100 cm³/mol. The van der Waals surface area contributed by atoms with E-state index in [1.165, 1.54) is 5.56 Å². The lowest BCUT2D eigenvalue weighted by Gasteiger charge is -2.50. The summed E-state index contributed by atoms with van der Waals surface area (Å²) in [6, 6.07) is 5.48. The molecule has 2 aromatic rings. The number of hydrogen-bond acceptors (Lipinski definition) is 3. The van der Waals surface area contributed by atoms with Crippen LogP contribution in [0.3, 0.4) is 0 Å². The minimum Gasteiger partial charge on any atom is -0.465 e. The highest BCUT2D eigenvalue weighted by molar-refractivity contribution is 6.31. The molecule has 1 aromatic carbocycles. The van der Waals surface area contributed by atoms with Crippen molar-refractivity contribution in [3.8, 4) is 0 Å². The maximum absolute atomic E-state index is 12.9. The quantitative estimate of drug-likeness (QED) is 0.826. The zero-order chi connectivity index (χ0) is 18.5. The molecule has 1 N–H and O–H groups in total. The Morgan fingerprint density at radius 1 is 1.38 bits per heavy atom. The number of nitrogens with zero attached hydrogens (tertiary/aromatic N) is 1. The standard InChI is InChI=1S/C20H23ClN2O3/c1-3-26-19(25)20(8-4-9-20)18-17-14(7-10-23(18)12(2)24)15-11-13(21)5-6-16(15)22-17/h5-6,11,18,22H,3-4,7-10H2,1-2H3. The van der Waals surface area contributed by atoms with E-state index >= 15 is 0 Å². The molecule has 1 unspecified atom stereocenters. The summed E-state index contributed by atoms with van der Waals surface area (Å²) in [5, 5.41) is 1.77. The number of aromatic amines is 1. The zero-order valence-corrected chi connectivity index (χ0v) is 15.9. The van der Waals surface area contributed by atoms with Crippen LogP contribution in [-0.4, -0.2) is 34.9 Å². The van der Waals surface area contributed by atoms with Crippen molar-refractivity contribution >= 4 is 34.4 Å². The maximum Gasteiger partial charge on any atom is 0.314 e. The van der Waals surface area contributed by atoms with Crippen LogP contribution in [0.4, 0.5) is 0 Å². The van der Waals surface area contributed by atoms with Crippen molar-refractivity contribution in [3.05, 3.63) is 34.5 Å². The third-order valence-corrected chi connectivity index (χ3v) is 6.18. The second kappa shape index (κ2) is 6.31. The second-order valence-electron chi connectivity index (χ2n) is 7.30. The Labute approximate surface area is 157 Å². The number of aromatic nitrogens is 1. The van der Waals surface area contributed by atoms with Crippen LogP contribution in [0.1, 0.15) is 50.4 Å². The van der Waals surface area contributed by atoms with Crippen molar-refractivity contribution in [2.24, 2.45) is 5.41 Å². The first-order valence-corrected chi connectivity index (χ1v) is 9.60. The molecule has 4 rings (SSSR count). The fourth-order valence-corrected chi connectivity index (χ4v) is 4.77. The van der Waals surface area contributed by atoms with Gasteiger partial charge in [-0.05, 0) is 49.9 Å². The van der Waals surface area contributed by atoms with Gasteiger partial charge in [-0.1, -0.05) is 18.0 Å². The van der Waals surface area contributed by atoms with Gasteiger partial charge in [-0.25, -0.2) is 0 Å². The summed E-state index contributed by atoms with van der Waals surface area (Å²) in [6.45, 7) is 4.36. The summed E-state index contributed by atoms with van der Waals surface area (Å²) in [6.07, 6.45) is 3.22. The molecule has 1 aliphatic carbocycles.